The Labute approximate surface area is 162 Å². The van der Waals surface area contributed by atoms with Crippen LogP contribution in [0.15, 0.2) is 36.4 Å². The summed E-state index contributed by atoms with van der Waals surface area (Å²) in [5, 5.41) is 0. The molecule has 0 radical (unpaired) electrons. The van der Waals surface area contributed by atoms with Crippen molar-refractivity contribution in [1.29, 1.82) is 0 Å². The molecule has 1 aromatic heterocycles. The number of ketones is 1. The number of likely N-dealkylation sites (tertiary alicyclic amines) is 1. The fourth-order valence-corrected chi connectivity index (χ4v) is 4.37. The van der Waals surface area contributed by atoms with Gasteiger partial charge in [-0.3, -0.25) is 9.59 Å². The molecule has 4 nitrogen and oxygen atoms in total. The van der Waals surface area contributed by atoms with E-state index in [0.717, 1.165) is 35.6 Å². The summed E-state index contributed by atoms with van der Waals surface area (Å²) in [6.07, 6.45) is 1.66. The van der Waals surface area contributed by atoms with Crippen LogP contribution >= 0.6 is 0 Å². The van der Waals surface area contributed by atoms with Crippen LogP contribution in [0.3, 0.4) is 0 Å². The highest BCUT2D eigenvalue weighted by molar-refractivity contribution is 5.96. The van der Waals surface area contributed by atoms with Gasteiger partial charge in [-0.05, 0) is 43.7 Å². The van der Waals surface area contributed by atoms with Crippen LogP contribution < -0.4 is 0 Å². The summed E-state index contributed by atoms with van der Waals surface area (Å²) in [5.74, 6) is 1.41. The number of amides is 1. The molecule has 1 fully saturated rings. The Morgan fingerprint density at radius 1 is 1.07 bits per heavy atom. The van der Waals surface area contributed by atoms with Crippen molar-refractivity contribution < 1.29 is 9.59 Å². The Kier molecular flexibility index (Phi) is 5.83. The minimum Gasteiger partial charge on any atom is -0.344 e. The van der Waals surface area contributed by atoms with Gasteiger partial charge in [0.2, 0.25) is 5.91 Å². The molecular weight excluding hydrogens is 336 g/mol. The maximum absolute atomic E-state index is 12.8. The van der Waals surface area contributed by atoms with Crippen LogP contribution in [0.2, 0.25) is 0 Å². The topological polar surface area (TPSA) is 42.3 Å². The van der Waals surface area contributed by atoms with E-state index >= 15 is 0 Å². The molecule has 27 heavy (non-hydrogen) atoms. The van der Waals surface area contributed by atoms with E-state index in [2.05, 4.69) is 18.4 Å². The molecular formula is C23H30N2O2. The molecule has 0 bridgehead atoms. The molecule has 2 aromatic rings. The summed E-state index contributed by atoms with van der Waals surface area (Å²) >= 11 is 0. The van der Waals surface area contributed by atoms with Crippen LogP contribution in [0.1, 0.15) is 49.7 Å². The van der Waals surface area contributed by atoms with Gasteiger partial charge in [0.05, 0.1) is 0 Å². The minimum atomic E-state index is 0.0634. The monoisotopic (exact) mass is 366 g/mol. The molecule has 1 saturated heterocycles. The Bertz CT molecular complexity index is 812. The zero-order chi connectivity index (χ0) is 19.6. The summed E-state index contributed by atoms with van der Waals surface area (Å²) in [5.41, 5.74) is 3.75. The molecule has 1 amide bonds. The standard InChI is InChI=1S/C23H30N2O2/c1-16-12-17(2)15-24(14-16)23(27)10-11-25-18(3)21(19(4)26)13-22(25)20-8-6-5-7-9-20/h5-9,13,16-17H,10-12,14-15H2,1-4H3/t16-,17-/m0/s1. The Balaban J connectivity index is 1.81. The second-order valence-electron chi connectivity index (χ2n) is 8.10. The van der Waals surface area contributed by atoms with E-state index < -0.39 is 0 Å². The first kappa shape index (κ1) is 19.4. The first-order valence-electron chi connectivity index (χ1n) is 9.91. The van der Waals surface area contributed by atoms with Crippen molar-refractivity contribution >= 4 is 11.7 Å². The first-order chi connectivity index (χ1) is 12.9. The van der Waals surface area contributed by atoms with E-state index in [9.17, 15) is 9.59 Å². The third-order valence-electron chi connectivity index (χ3n) is 5.59. The maximum Gasteiger partial charge on any atom is 0.224 e. The number of nitrogens with zero attached hydrogens (tertiary/aromatic N) is 2. The summed E-state index contributed by atoms with van der Waals surface area (Å²) in [6.45, 7) is 10.3. The van der Waals surface area contributed by atoms with E-state index in [1.807, 2.05) is 48.2 Å². The third kappa shape index (κ3) is 4.32. The summed E-state index contributed by atoms with van der Waals surface area (Å²) in [6, 6.07) is 12.0. The largest absolute Gasteiger partial charge is 0.344 e. The minimum absolute atomic E-state index is 0.0634. The van der Waals surface area contributed by atoms with E-state index in [0.29, 0.717) is 24.8 Å². The number of piperidine rings is 1. The molecule has 1 aliphatic rings. The number of hydrogen-bond acceptors (Lipinski definition) is 2. The summed E-state index contributed by atoms with van der Waals surface area (Å²) in [7, 11) is 0. The molecule has 0 aliphatic carbocycles. The van der Waals surface area contributed by atoms with Gasteiger partial charge in [-0.2, -0.15) is 0 Å². The quantitative estimate of drug-likeness (QED) is 0.728. The van der Waals surface area contributed by atoms with Crippen molar-refractivity contribution in [2.45, 2.75) is 47.1 Å². The van der Waals surface area contributed by atoms with E-state index in [4.69, 9.17) is 0 Å². The fourth-order valence-electron chi connectivity index (χ4n) is 4.37. The second-order valence-corrected chi connectivity index (χ2v) is 8.10. The van der Waals surface area contributed by atoms with Gasteiger partial charge in [-0.15, -0.1) is 0 Å². The predicted molar refractivity (Wildman–Crippen MR) is 109 cm³/mol. The molecule has 4 heteroatoms. The molecule has 1 aromatic carbocycles. The second kappa shape index (κ2) is 8.12. The Hall–Kier alpha value is -2.36. The zero-order valence-corrected chi connectivity index (χ0v) is 16.9. The van der Waals surface area contributed by atoms with Gasteiger partial charge in [0, 0.05) is 43.0 Å². The highest BCUT2D eigenvalue weighted by Gasteiger charge is 2.25. The van der Waals surface area contributed by atoms with Gasteiger partial charge in [0.25, 0.3) is 0 Å². The van der Waals surface area contributed by atoms with Crippen molar-refractivity contribution in [1.82, 2.24) is 9.47 Å². The highest BCUT2D eigenvalue weighted by Crippen LogP contribution is 2.27. The lowest BCUT2D eigenvalue weighted by molar-refractivity contribution is -0.134. The van der Waals surface area contributed by atoms with Gasteiger partial charge in [-0.1, -0.05) is 44.2 Å². The van der Waals surface area contributed by atoms with Crippen molar-refractivity contribution in [3.63, 3.8) is 0 Å². The average molecular weight is 367 g/mol. The van der Waals surface area contributed by atoms with Crippen LogP contribution in [0.5, 0.6) is 0 Å². The lowest BCUT2D eigenvalue weighted by atomic mass is 9.92. The van der Waals surface area contributed by atoms with Crippen molar-refractivity contribution in [3.05, 3.63) is 47.7 Å². The molecule has 1 aliphatic heterocycles. The third-order valence-corrected chi connectivity index (χ3v) is 5.59. The number of carbonyl (C=O) groups is 2. The summed E-state index contributed by atoms with van der Waals surface area (Å²) in [4.78, 5) is 26.9. The number of hydrogen-bond donors (Lipinski definition) is 0. The maximum atomic E-state index is 12.8. The van der Waals surface area contributed by atoms with Crippen LogP contribution in [-0.2, 0) is 11.3 Å². The fraction of sp³-hybridized carbons (Fsp3) is 0.478. The van der Waals surface area contributed by atoms with Gasteiger partial charge in [0.15, 0.2) is 5.78 Å². The number of carbonyl (C=O) groups excluding carboxylic acids is 2. The lowest BCUT2D eigenvalue weighted by Gasteiger charge is -2.35. The average Bonchev–Trinajstić information content (AvgIpc) is 2.96. The lowest BCUT2D eigenvalue weighted by Crippen LogP contribution is -2.42. The van der Waals surface area contributed by atoms with Crippen LogP contribution in [0.25, 0.3) is 11.3 Å². The predicted octanol–water partition coefficient (Wildman–Crippen LogP) is 4.56. The zero-order valence-electron chi connectivity index (χ0n) is 16.9. The van der Waals surface area contributed by atoms with Gasteiger partial charge in [-0.25, -0.2) is 0 Å². The van der Waals surface area contributed by atoms with E-state index in [1.54, 1.807) is 6.92 Å². The molecule has 0 spiro atoms. The molecule has 3 rings (SSSR count). The highest BCUT2D eigenvalue weighted by atomic mass is 16.2. The Morgan fingerprint density at radius 3 is 2.30 bits per heavy atom. The molecule has 144 valence electrons. The van der Waals surface area contributed by atoms with Crippen molar-refractivity contribution in [2.24, 2.45) is 11.8 Å². The SMILES string of the molecule is CC(=O)c1cc(-c2ccccc2)n(CCC(=O)N2C[C@@H](C)C[C@H](C)C2)c1C. The first-order valence-corrected chi connectivity index (χ1v) is 9.91. The molecule has 2 atom stereocenters. The van der Waals surface area contributed by atoms with E-state index in [-0.39, 0.29) is 11.7 Å². The van der Waals surface area contributed by atoms with Gasteiger partial charge >= 0.3 is 0 Å². The molecule has 2 heterocycles. The number of aromatic nitrogens is 1. The molecule has 0 N–H and O–H groups in total. The van der Waals surface area contributed by atoms with Crippen LogP contribution in [0, 0.1) is 18.8 Å². The normalized spacial score (nSPS) is 19.9. The van der Waals surface area contributed by atoms with Gasteiger partial charge < -0.3 is 9.47 Å². The summed E-state index contributed by atoms with van der Waals surface area (Å²) < 4.78 is 2.13. The van der Waals surface area contributed by atoms with Crippen molar-refractivity contribution in [3.8, 4) is 11.3 Å². The number of Topliss-reactive ketones (excluding diaryl/α,β-unsaturated/α-hetero) is 1. The number of benzene rings is 1. The van der Waals surface area contributed by atoms with Gasteiger partial charge in [0.1, 0.15) is 0 Å². The van der Waals surface area contributed by atoms with E-state index in [1.165, 1.54) is 6.42 Å². The van der Waals surface area contributed by atoms with Crippen LogP contribution in [-0.4, -0.2) is 34.2 Å². The van der Waals surface area contributed by atoms with Crippen LogP contribution in [0.4, 0.5) is 0 Å². The smallest absolute Gasteiger partial charge is 0.224 e. The number of rotatable bonds is 5. The van der Waals surface area contributed by atoms with Crippen molar-refractivity contribution in [2.75, 3.05) is 13.1 Å². The Morgan fingerprint density at radius 2 is 1.70 bits per heavy atom. The molecule has 0 saturated carbocycles. The molecule has 0 unspecified atom stereocenters.